The molecule has 2 N–H and O–H groups in total. The SMILES string of the molecule is C[C@H](NC(=O)c1ccc2c(-c3ccc(C(F)(F)F)cc3)cccc2c1)c1cccc2ccc(=O)[nH]c12. The number of nitrogens with one attached hydrogen (secondary N) is 2. The second kappa shape index (κ2) is 9.00. The minimum absolute atomic E-state index is 0.216. The average Bonchev–Trinajstić information content (AvgIpc) is 2.87. The lowest BCUT2D eigenvalue weighted by molar-refractivity contribution is -0.137. The molecule has 0 spiro atoms. The highest BCUT2D eigenvalue weighted by atomic mass is 19.4. The van der Waals surface area contributed by atoms with Crippen molar-refractivity contribution in [1.82, 2.24) is 10.3 Å². The molecule has 0 unspecified atom stereocenters. The highest BCUT2D eigenvalue weighted by Crippen LogP contribution is 2.33. The van der Waals surface area contributed by atoms with Gasteiger partial charge in [-0.25, -0.2) is 0 Å². The molecule has 4 aromatic carbocycles. The predicted octanol–water partition coefficient (Wildman–Crippen LogP) is 6.86. The van der Waals surface area contributed by atoms with Gasteiger partial charge in [-0.05, 0) is 70.1 Å². The summed E-state index contributed by atoms with van der Waals surface area (Å²) < 4.78 is 38.8. The maximum Gasteiger partial charge on any atom is 0.416 e. The van der Waals surface area contributed by atoms with E-state index in [4.69, 9.17) is 0 Å². The fraction of sp³-hybridized carbons (Fsp3) is 0.103. The lowest BCUT2D eigenvalue weighted by Crippen LogP contribution is -2.27. The van der Waals surface area contributed by atoms with Crippen LogP contribution in [-0.4, -0.2) is 10.9 Å². The Balaban J connectivity index is 1.43. The van der Waals surface area contributed by atoms with Crippen molar-refractivity contribution in [3.8, 4) is 11.1 Å². The topological polar surface area (TPSA) is 62.0 Å². The first-order valence-corrected chi connectivity index (χ1v) is 11.3. The zero-order valence-corrected chi connectivity index (χ0v) is 19.2. The van der Waals surface area contributed by atoms with Crippen molar-refractivity contribution in [2.75, 3.05) is 0 Å². The Kier molecular flexibility index (Phi) is 5.84. The first-order valence-electron chi connectivity index (χ1n) is 11.3. The molecule has 1 atom stereocenters. The van der Waals surface area contributed by atoms with Gasteiger partial charge in [0.15, 0.2) is 0 Å². The number of carbonyl (C=O) groups is 1. The molecular weight excluding hydrogens is 465 g/mol. The number of hydrogen-bond donors (Lipinski definition) is 2. The van der Waals surface area contributed by atoms with E-state index in [1.54, 1.807) is 24.3 Å². The van der Waals surface area contributed by atoms with Gasteiger partial charge in [0.1, 0.15) is 0 Å². The third kappa shape index (κ3) is 4.47. The first-order chi connectivity index (χ1) is 17.2. The normalized spacial score (nSPS) is 12.6. The van der Waals surface area contributed by atoms with Gasteiger partial charge in [-0.3, -0.25) is 9.59 Å². The molecule has 180 valence electrons. The molecule has 7 heteroatoms. The summed E-state index contributed by atoms with van der Waals surface area (Å²) >= 11 is 0. The molecule has 5 aromatic rings. The van der Waals surface area contributed by atoms with Gasteiger partial charge >= 0.3 is 6.18 Å². The monoisotopic (exact) mass is 486 g/mol. The second-order valence-corrected chi connectivity index (χ2v) is 8.65. The minimum atomic E-state index is -4.39. The van der Waals surface area contributed by atoms with Crippen LogP contribution >= 0.6 is 0 Å². The average molecular weight is 486 g/mol. The third-order valence-electron chi connectivity index (χ3n) is 6.27. The Bertz CT molecular complexity index is 1650. The zero-order valence-electron chi connectivity index (χ0n) is 19.2. The Morgan fingerprint density at radius 2 is 1.58 bits per heavy atom. The molecule has 0 bridgehead atoms. The lowest BCUT2D eigenvalue weighted by Gasteiger charge is -2.17. The molecule has 0 radical (unpaired) electrons. The summed E-state index contributed by atoms with van der Waals surface area (Å²) in [5.74, 6) is -0.278. The summed E-state index contributed by atoms with van der Waals surface area (Å²) in [7, 11) is 0. The fourth-order valence-corrected chi connectivity index (χ4v) is 4.44. The van der Waals surface area contributed by atoms with Crippen molar-refractivity contribution in [1.29, 1.82) is 0 Å². The summed E-state index contributed by atoms with van der Waals surface area (Å²) in [6.45, 7) is 1.85. The number of aromatic amines is 1. The Labute approximate surface area is 204 Å². The standard InChI is InChI=1S/C29H21F3N2O2/c1-17(23-6-2-4-19-11-15-26(35)34-27(19)23)33-28(36)21-10-14-25-20(16-21)5-3-7-24(25)18-8-12-22(13-9-18)29(30,31)32/h2-17H,1H3,(H,33,36)(H,34,35)/t17-/m0/s1. The van der Waals surface area contributed by atoms with Crippen LogP contribution < -0.4 is 10.9 Å². The first kappa shape index (κ1) is 23.4. The minimum Gasteiger partial charge on any atom is -0.345 e. The van der Waals surface area contributed by atoms with Gasteiger partial charge in [-0.2, -0.15) is 13.2 Å². The number of rotatable bonds is 4. The smallest absolute Gasteiger partial charge is 0.345 e. The van der Waals surface area contributed by atoms with Crippen LogP contribution in [0.5, 0.6) is 0 Å². The number of alkyl halides is 3. The predicted molar refractivity (Wildman–Crippen MR) is 135 cm³/mol. The number of hydrogen-bond acceptors (Lipinski definition) is 2. The van der Waals surface area contributed by atoms with Gasteiger partial charge < -0.3 is 10.3 Å². The Morgan fingerprint density at radius 3 is 2.33 bits per heavy atom. The number of pyridine rings is 1. The summed E-state index contributed by atoms with van der Waals surface area (Å²) in [6, 6.07) is 24.3. The van der Waals surface area contributed by atoms with Crippen molar-refractivity contribution in [2.45, 2.75) is 19.1 Å². The fourth-order valence-electron chi connectivity index (χ4n) is 4.44. The van der Waals surface area contributed by atoms with Crippen LogP contribution in [0.3, 0.4) is 0 Å². The van der Waals surface area contributed by atoms with Crippen molar-refractivity contribution in [3.63, 3.8) is 0 Å². The van der Waals surface area contributed by atoms with E-state index < -0.39 is 11.7 Å². The number of benzene rings is 4. The van der Waals surface area contributed by atoms with Crippen molar-refractivity contribution < 1.29 is 18.0 Å². The molecule has 0 aliphatic carbocycles. The molecule has 36 heavy (non-hydrogen) atoms. The Morgan fingerprint density at radius 1 is 0.861 bits per heavy atom. The summed E-state index contributed by atoms with van der Waals surface area (Å²) in [6.07, 6.45) is -4.39. The molecule has 1 heterocycles. The van der Waals surface area contributed by atoms with Crippen molar-refractivity contribution in [3.05, 3.63) is 118 Å². The number of aromatic nitrogens is 1. The van der Waals surface area contributed by atoms with E-state index in [1.165, 1.54) is 18.2 Å². The molecule has 4 nitrogen and oxygen atoms in total. The van der Waals surface area contributed by atoms with Crippen molar-refractivity contribution >= 4 is 27.6 Å². The van der Waals surface area contributed by atoms with Crippen LogP contribution in [0.25, 0.3) is 32.8 Å². The van der Waals surface area contributed by atoms with Crippen LogP contribution in [0.2, 0.25) is 0 Å². The quantitative estimate of drug-likeness (QED) is 0.292. The molecule has 0 saturated carbocycles. The van der Waals surface area contributed by atoms with E-state index in [0.717, 1.165) is 39.4 Å². The van der Waals surface area contributed by atoms with Gasteiger partial charge in [0.05, 0.1) is 17.1 Å². The van der Waals surface area contributed by atoms with Gasteiger partial charge in [-0.15, -0.1) is 0 Å². The van der Waals surface area contributed by atoms with E-state index in [1.807, 2.05) is 43.3 Å². The molecule has 0 saturated heterocycles. The van der Waals surface area contributed by atoms with Crippen LogP contribution in [0, 0.1) is 0 Å². The maximum atomic E-state index is 13.1. The summed E-state index contributed by atoms with van der Waals surface area (Å²) in [5, 5.41) is 5.48. The largest absolute Gasteiger partial charge is 0.416 e. The molecule has 5 rings (SSSR count). The molecule has 1 amide bonds. The summed E-state index contributed by atoms with van der Waals surface area (Å²) in [4.78, 5) is 27.7. The molecule has 0 fully saturated rings. The highest BCUT2D eigenvalue weighted by molar-refractivity contribution is 6.03. The zero-order chi connectivity index (χ0) is 25.4. The maximum absolute atomic E-state index is 13.1. The van der Waals surface area contributed by atoms with Gasteiger partial charge in [0.25, 0.3) is 5.91 Å². The van der Waals surface area contributed by atoms with Crippen LogP contribution in [0.15, 0.2) is 95.8 Å². The number of H-pyrrole nitrogens is 1. The van der Waals surface area contributed by atoms with E-state index in [-0.39, 0.29) is 17.5 Å². The van der Waals surface area contributed by atoms with E-state index >= 15 is 0 Å². The van der Waals surface area contributed by atoms with Gasteiger partial charge in [-0.1, -0.05) is 54.6 Å². The molecule has 0 aliphatic rings. The lowest BCUT2D eigenvalue weighted by atomic mass is 9.96. The number of halogens is 3. The van der Waals surface area contributed by atoms with Crippen LogP contribution in [-0.2, 0) is 6.18 Å². The highest BCUT2D eigenvalue weighted by Gasteiger charge is 2.30. The Hall–Kier alpha value is -4.39. The summed E-state index contributed by atoms with van der Waals surface area (Å²) in [5.41, 5.74) is 2.45. The molecule has 0 aliphatic heterocycles. The number of para-hydroxylation sites is 1. The number of carbonyl (C=O) groups excluding carboxylic acids is 1. The third-order valence-corrected chi connectivity index (χ3v) is 6.27. The number of amides is 1. The van der Waals surface area contributed by atoms with E-state index in [2.05, 4.69) is 10.3 Å². The van der Waals surface area contributed by atoms with Gasteiger partial charge in [0.2, 0.25) is 5.56 Å². The molecular formula is C29H21F3N2O2. The second-order valence-electron chi connectivity index (χ2n) is 8.65. The van der Waals surface area contributed by atoms with E-state index in [9.17, 15) is 22.8 Å². The number of fused-ring (bicyclic) bond motifs is 2. The van der Waals surface area contributed by atoms with Crippen LogP contribution in [0.4, 0.5) is 13.2 Å². The van der Waals surface area contributed by atoms with Gasteiger partial charge in [0, 0.05) is 11.6 Å². The van der Waals surface area contributed by atoms with E-state index in [0.29, 0.717) is 16.6 Å². The van der Waals surface area contributed by atoms with Crippen LogP contribution in [0.1, 0.15) is 34.5 Å². The molecule has 1 aromatic heterocycles. The van der Waals surface area contributed by atoms with Crippen molar-refractivity contribution in [2.24, 2.45) is 0 Å².